The first-order valence-electron chi connectivity index (χ1n) is 10.5. The van der Waals surface area contributed by atoms with Crippen molar-refractivity contribution < 1.29 is 27.1 Å². The molecule has 3 rings (SSSR count). The minimum Gasteiger partial charge on any atom is -0.449 e. The Kier molecular flexibility index (Phi) is 8.95. The maximum Gasteiger partial charge on any atom is 0.419 e. The maximum atomic E-state index is 14.1. The molecular formula is C23H23Cl3F4N2O2. The molecule has 1 amide bonds. The number of alkyl halides is 4. The third kappa shape index (κ3) is 6.47. The zero-order chi connectivity index (χ0) is 25.0. The second-order valence-corrected chi connectivity index (χ2v) is 9.33. The highest BCUT2D eigenvalue weighted by molar-refractivity contribution is 6.42. The van der Waals surface area contributed by atoms with Crippen molar-refractivity contribution in [1.82, 2.24) is 9.80 Å². The summed E-state index contributed by atoms with van der Waals surface area (Å²) >= 11 is 17.9. The van der Waals surface area contributed by atoms with Crippen LogP contribution in [-0.4, -0.2) is 54.6 Å². The molecule has 2 aromatic rings. The van der Waals surface area contributed by atoms with Gasteiger partial charge in [-0.25, -0.2) is 9.18 Å². The van der Waals surface area contributed by atoms with Crippen molar-refractivity contribution in [3.63, 3.8) is 0 Å². The predicted octanol–water partition coefficient (Wildman–Crippen LogP) is 6.82. The number of carbonyl (C=O) groups is 1. The van der Waals surface area contributed by atoms with E-state index < -0.39 is 23.7 Å². The van der Waals surface area contributed by atoms with E-state index in [1.165, 1.54) is 6.07 Å². The molecule has 0 aromatic heterocycles. The number of likely N-dealkylation sites (N-methyl/N-ethyl adjacent to an activating group) is 1. The Morgan fingerprint density at radius 2 is 1.88 bits per heavy atom. The predicted molar refractivity (Wildman–Crippen MR) is 124 cm³/mol. The van der Waals surface area contributed by atoms with Crippen molar-refractivity contribution in [2.45, 2.75) is 31.1 Å². The van der Waals surface area contributed by atoms with Gasteiger partial charge >= 0.3 is 12.3 Å². The Balaban J connectivity index is 1.82. The van der Waals surface area contributed by atoms with E-state index in [2.05, 4.69) is 0 Å². The number of likely N-dealkylation sites (tertiary alicyclic amines) is 1. The van der Waals surface area contributed by atoms with Crippen LogP contribution in [0.1, 0.15) is 29.0 Å². The van der Waals surface area contributed by atoms with Crippen LogP contribution in [0.3, 0.4) is 0 Å². The van der Waals surface area contributed by atoms with E-state index in [4.69, 9.17) is 39.5 Å². The molecule has 0 aliphatic carbocycles. The van der Waals surface area contributed by atoms with Gasteiger partial charge in [0.25, 0.3) is 0 Å². The van der Waals surface area contributed by atoms with Crippen molar-refractivity contribution in [3.8, 4) is 0 Å². The Morgan fingerprint density at radius 1 is 1.15 bits per heavy atom. The molecule has 0 N–H and O–H groups in total. The van der Waals surface area contributed by atoms with Gasteiger partial charge in [0, 0.05) is 37.5 Å². The Labute approximate surface area is 210 Å². The highest BCUT2D eigenvalue weighted by Crippen LogP contribution is 2.36. The maximum absolute atomic E-state index is 14.1. The van der Waals surface area contributed by atoms with Crippen LogP contribution < -0.4 is 0 Å². The van der Waals surface area contributed by atoms with Gasteiger partial charge < -0.3 is 9.64 Å². The normalized spacial score (nSPS) is 18.6. The van der Waals surface area contributed by atoms with Crippen LogP contribution in [0, 0.1) is 5.82 Å². The second-order valence-electron chi connectivity index (χ2n) is 8.14. The van der Waals surface area contributed by atoms with Crippen molar-refractivity contribution in [2.75, 3.05) is 32.6 Å². The van der Waals surface area contributed by atoms with Crippen LogP contribution in [0.5, 0.6) is 0 Å². The summed E-state index contributed by atoms with van der Waals surface area (Å²) in [5.74, 6) is -1.14. The Bertz CT molecular complexity index is 1020. The van der Waals surface area contributed by atoms with Gasteiger partial charge in [0.05, 0.1) is 22.2 Å². The lowest BCUT2D eigenvalue weighted by molar-refractivity contribution is -0.140. The largest absolute Gasteiger partial charge is 0.449 e. The number of rotatable bonds is 7. The van der Waals surface area contributed by atoms with E-state index in [1.54, 1.807) is 24.1 Å². The highest BCUT2D eigenvalue weighted by Gasteiger charge is 2.39. The molecule has 1 fully saturated rings. The molecule has 0 spiro atoms. The van der Waals surface area contributed by atoms with Gasteiger partial charge in [-0.05, 0) is 48.9 Å². The zero-order valence-corrected chi connectivity index (χ0v) is 20.5. The summed E-state index contributed by atoms with van der Waals surface area (Å²) < 4.78 is 58.0. The number of amides is 1. The number of hydrogen-bond acceptors (Lipinski definition) is 3. The average Bonchev–Trinajstić information content (AvgIpc) is 3.21. The average molecular weight is 542 g/mol. The van der Waals surface area contributed by atoms with Crippen LogP contribution in [0.2, 0.25) is 10.0 Å². The summed E-state index contributed by atoms with van der Waals surface area (Å²) in [5.41, 5.74) is -0.0794. The highest BCUT2D eigenvalue weighted by atomic mass is 35.5. The summed E-state index contributed by atoms with van der Waals surface area (Å²) in [5, 5.41) is 0.763. The smallest absolute Gasteiger partial charge is 0.419 e. The number of halogens is 7. The number of ether oxygens (including phenoxy) is 1. The van der Waals surface area contributed by atoms with Crippen LogP contribution in [0.4, 0.5) is 22.4 Å². The summed E-state index contributed by atoms with van der Waals surface area (Å²) in [6.07, 6.45) is -4.71. The van der Waals surface area contributed by atoms with Crippen molar-refractivity contribution in [1.29, 1.82) is 0 Å². The molecule has 0 unspecified atom stereocenters. The van der Waals surface area contributed by atoms with E-state index in [-0.39, 0.29) is 25.1 Å². The fraction of sp³-hybridized carbons (Fsp3) is 0.435. The Hall–Kier alpha value is -1.74. The van der Waals surface area contributed by atoms with E-state index >= 15 is 0 Å². The molecule has 0 radical (unpaired) electrons. The number of nitrogens with zero attached hydrogens (tertiary/aromatic N) is 2. The minimum absolute atomic E-state index is 0.173. The molecule has 1 saturated heterocycles. The number of benzene rings is 2. The molecular weight excluding hydrogens is 519 g/mol. The third-order valence-electron chi connectivity index (χ3n) is 5.76. The first-order valence-corrected chi connectivity index (χ1v) is 11.8. The molecule has 2 atom stereocenters. The topological polar surface area (TPSA) is 32.8 Å². The van der Waals surface area contributed by atoms with Crippen LogP contribution in [0.15, 0.2) is 36.4 Å². The van der Waals surface area contributed by atoms with E-state index in [9.17, 15) is 22.4 Å². The van der Waals surface area contributed by atoms with E-state index in [0.717, 1.165) is 17.7 Å². The minimum atomic E-state index is -4.76. The quantitative estimate of drug-likeness (QED) is 0.219. The van der Waals surface area contributed by atoms with Crippen molar-refractivity contribution in [2.24, 2.45) is 0 Å². The molecule has 1 heterocycles. The van der Waals surface area contributed by atoms with Gasteiger partial charge in [0.2, 0.25) is 0 Å². The van der Waals surface area contributed by atoms with Gasteiger partial charge in [0.1, 0.15) is 5.82 Å². The molecule has 186 valence electrons. The van der Waals surface area contributed by atoms with Crippen LogP contribution >= 0.6 is 34.8 Å². The second kappa shape index (κ2) is 11.3. The SMILES string of the molecule is CN(Cc1ccc(C(F)(F)F)c(F)c1)[C@@H]1CN(C(=O)OCCCCl)C[C@@H]1c1ccc(Cl)c(Cl)c1. The van der Waals surface area contributed by atoms with Gasteiger partial charge in [0.15, 0.2) is 0 Å². The molecule has 2 aromatic carbocycles. The lowest BCUT2D eigenvalue weighted by Crippen LogP contribution is -2.38. The molecule has 1 aliphatic heterocycles. The van der Waals surface area contributed by atoms with Crippen LogP contribution in [0.25, 0.3) is 0 Å². The first kappa shape index (κ1) is 26.9. The van der Waals surface area contributed by atoms with Crippen LogP contribution in [-0.2, 0) is 17.5 Å². The standard InChI is InChI=1S/C23H23Cl3F4N2O2/c1-31(11-14-3-5-17(20(27)9-14)23(28,29)30)21-13-32(22(33)34-8-2-7-24)12-16(21)15-4-6-18(25)19(26)10-15/h3-6,9-10,16,21H,2,7-8,11-13H2,1H3/t16-,21-/m1/s1. The van der Waals surface area contributed by atoms with Gasteiger partial charge in [-0.2, -0.15) is 13.2 Å². The molecule has 11 heteroatoms. The fourth-order valence-electron chi connectivity index (χ4n) is 4.05. The molecule has 4 nitrogen and oxygen atoms in total. The van der Waals surface area contributed by atoms with Gasteiger partial charge in [-0.1, -0.05) is 35.3 Å². The molecule has 1 aliphatic rings. The summed E-state index contributed by atoms with van der Waals surface area (Å²) in [6, 6.07) is 7.87. The van der Waals surface area contributed by atoms with Crippen molar-refractivity contribution >= 4 is 40.9 Å². The summed E-state index contributed by atoms with van der Waals surface area (Å²) in [4.78, 5) is 16.0. The van der Waals surface area contributed by atoms with Crippen molar-refractivity contribution in [3.05, 3.63) is 69.0 Å². The first-order chi connectivity index (χ1) is 16.0. The monoisotopic (exact) mass is 540 g/mol. The molecule has 0 bridgehead atoms. The summed E-state index contributed by atoms with van der Waals surface area (Å²) in [6.45, 7) is 1.02. The lowest BCUT2D eigenvalue weighted by Gasteiger charge is -2.29. The number of carbonyl (C=O) groups excluding carboxylic acids is 1. The Morgan fingerprint density at radius 3 is 2.50 bits per heavy atom. The van der Waals surface area contributed by atoms with E-state index in [0.29, 0.717) is 41.0 Å². The fourth-order valence-corrected chi connectivity index (χ4v) is 4.47. The van der Waals surface area contributed by atoms with Gasteiger partial charge in [-0.3, -0.25) is 4.90 Å². The number of hydrogen-bond donors (Lipinski definition) is 0. The summed E-state index contributed by atoms with van der Waals surface area (Å²) in [7, 11) is 1.77. The molecule has 0 saturated carbocycles. The zero-order valence-electron chi connectivity index (χ0n) is 18.2. The third-order valence-corrected chi connectivity index (χ3v) is 6.77. The van der Waals surface area contributed by atoms with Gasteiger partial charge in [-0.15, -0.1) is 11.6 Å². The lowest BCUT2D eigenvalue weighted by atomic mass is 9.93. The van der Waals surface area contributed by atoms with E-state index in [1.807, 2.05) is 11.0 Å². The molecule has 34 heavy (non-hydrogen) atoms.